The van der Waals surface area contributed by atoms with Crippen molar-refractivity contribution in [3.63, 3.8) is 0 Å². The Bertz CT molecular complexity index is 433. The lowest BCUT2D eigenvalue weighted by atomic mass is 9.94. The normalized spacial score (nSPS) is 23.6. The second kappa shape index (κ2) is 4.11. The average Bonchev–Trinajstić information content (AvgIpc) is 2.71. The number of rotatable bonds is 2. The fourth-order valence-electron chi connectivity index (χ4n) is 1.59. The molecule has 0 radical (unpaired) electrons. The fourth-order valence-corrected chi connectivity index (χ4v) is 1.59. The van der Waals surface area contributed by atoms with Crippen molar-refractivity contribution >= 4 is 24.3 Å². The van der Waals surface area contributed by atoms with E-state index in [-0.39, 0.29) is 24.7 Å². The molecule has 1 saturated heterocycles. The predicted molar refractivity (Wildman–Crippen MR) is 55.9 cm³/mol. The summed E-state index contributed by atoms with van der Waals surface area (Å²) in [4.78, 5) is 22.7. The molecule has 7 nitrogen and oxygen atoms in total. The van der Waals surface area contributed by atoms with Gasteiger partial charge in [-0.3, -0.25) is 10.1 Å². The highest BCUT2D eigenvalue weighted by Gasteiger charge is 2.50. The molecule has 0 saturated carbocycles. The maximum Gasteiger partial charge on any atom is 0.322 e. The molecule has 1 aliphatic heterocycles. The number of amides is 3. The van der Waals surface area contributed by atoms with Crippen molar-refractivity contribution < 1.29 is 14.1 Å². The third-order valence-electron chi connectivity index (χ3n) is 2.38. The molecular formula is C8H11ClN4O3. The molecule has 8 heteroatoms. The van der Waals surface area contributed by atoms with Gasteiger partial charge in [-0.05, 0) is 6.92 Å². The van der Waals surface area contributed by atoms with E-state index in [1.807, 2.05) is 0 Å². The first-order valence-corrected chi connectivity index (χ1v) is 4.35. The zero-order valence-corrected chi connectivity index (χ0v) is 9.26. The van der Waals surface area contributed by atoms with E-state index < -0.39 is 17.5 Å². The van der Waals surface area contributed by atoms with Crippen LogP contribution in [0.25, 0.3) is 0 Å². The number of carbonyl (C=O) groups excluding carboxylic acids is 2. The van der Waals surface area contributed by atoms with Crippen molar-refractivity contribution in [3.8, 4) is 0 Å². The van der Waals surface area contributed by atoms with Gasteiger partial charge in [0.2, 0.25) is 0 Å². The molecular weight excluding hydrogens is 236 g/mol. The topological polar surface area (TPSA) is 110 Å². The number of urea groups is 1. The summed E-state index contributed by atoms with van der Waals surface area (Å²) >= 11 is 0. The molecule has 1 aromatic rings. The van der Waals surface area contributed by atoms with Gasteiger partial charge >= 0.3 is 6.03 Å². The Labute approximate surface area is 97.1 Å². The minimum Gasteiger partial charge on any atom is -0.358 e. The van der Waals surface area contributed by atoms with Crippen molar-refractivity contribution in [2.24, 2.45) is 5.73 Å². The standard InChI is InChI=1S/C8H10N4O3.ClH/c1-4-2-10-15-5(4)8(3-9)6(13)11-7(14)12-8;/h2H,3,9H2,1H3,(H2,11,12,13,14);1H. The molecule has 0 aliphatic carbocycles. The van der Waals surface area contributed by atoms with Gasteiger partial charge in [0.15, 0.2) is 11.3 Å². The average molecular weight is 247 g/mol. The van der Waals surface area contributed by atoms with E-state index in [0.717, 1.165) is 0 Å². The second-order valence-corrected chi connectivity index (χ2v) is 3.36. The van der Waals surface area contributed by atoms with Crippen molar-refractivity contribution in [1.82, 2.24) is 15.8 Å². The first-order chi connectivity index (χ1) is 7.10. The van der Waals surface area contributed by atoms with Crippen molar-refractivity contribution in [2.45, 2.75) is 12.5 Å². The summed E-state index contributed by atoms with van der Waals surface area (Å²) in [6.45, 7) is 1.64. The van der Waals surface area contributed by atoms with Crippen LogP contribution in [-0.2, 0) is 10.3 Å². The van der Waals surface area contributed by atoms with Crippen LogP contribution in [0.1, 0.15) is 11.3 Å². The van der Waals surface area contributed by atoms with E-state index in [2.05, 4.69) is 15.8 Å². The van der Waals surface area contributed by atoms with Crippen LogP contribution in [-0.4, -0.2) is 23.6 Å². The lowest BCUT2D eigenvalue weighted by Gasteiger charge is -2.21. The molecule has 0 aromatic carbocycles. The van der Waals surface area contributed by atoms with Crippen LogP contribution in [0.15, 0.2) is 10.7 Å². The summed E-state index contributed by atoms with van der Waals surface area (Å²) in [6, 6.07) is -0.582. The number of hydrogen-bond donors (Lipinski definition) is 3. The molecule has 1 aliphatic rings. The van der Waals surface area contributed by atoms with Gasteiger partial charge in [0.05, 0.1) is 6.20 Å². The van der Waals surface area contributed by atoms with E-state index in [9.17, 15) is 9.59 Å². The molecule has 3 amide bonds. The number of hydrogen-bond acceptors (Lipinski definition) is 5. The third-order valence-corrected chi connectivity index (χ3v) is 2.38. The lowest BCUT2D eigenvalue weighted by Crippen LogP contribution is -2.50. The maximum atomic E-state index is 11.6. The van der Waals surface area contributed by atoms with Gasteiger partial charge in [-0.1, -0.05) is 5.16 Å². The second-order valence-electron chi connectivity index (χ2n) is 3.36. The molecule has 1 unspecified atom stereocenters. The molecule has 1 fully saturated rings. The Morgan fingerprint density at radius 1 is 1.56 bits per heavy atom. The Morgan fingerprint density at radius 3 is 2.62 bits per heavy atom. The largest absolute Gasteiger partial charge is 0.358 e. The molecule has 1 atom stereocenters. The predicted octanol–water partition coefficient (Wildman–Crippen LogP) is -0.602. The molecule has 4 N–H and O–H groups in total. The number of imide groups is 1. The van der Waals surface area contributed by atoms with Gasteiger partial charge < -0.3 is 15.6 Å². The maximum absolute atomic E-state index is 11.6. The van der Waals surface area contributed by atoms with Crippen LogP contribution in [0.4, 0.5) is 4.79 Å². The number of nitrogens with two attached hydrogens (primary N) is 1. The minimum atomic E-state index is -1.32. The van der Waals surface area contributed by atoms with Crippen LogP contribution in [0, 0.1) is 6.92 Å². The van der Waals surface area contributed by atoms with Crippen LogP contribution < -0.4 is 16.4 Å². The number of nitrogens with zero attached hydrogens (tertiary/aromatic N) is 1. The lowest BCUT2D eigenvalue weighted by molar-refractivity contribution is -0.124. The van der Waals surface area contributed by atoms with Crippen molar-refractivity contribution in [2.75, 3.05) is 6.54 Å². The van der Waals surface area contributed by atoms with E-state index in [1.54, 1.807) is 6.92 Å². The molecule has 88 valence electrons. The highest BCUT2D eigenvalue weighted by atomic mass is 35.5. The fraction of sp³-hybridized carbons (Fsp3) is 0.375. The van der Waals surface area contributed by atoms with Crippen LogP contribution in [0.2, 0.25) is 0 Å². The molecule has 2 heterocycles. The summed E-state index contributed by atoms with van der Waals surface area (Å²) in [5, 5.41) is 8.13. The number of halogens is 1. The SMILES string of the molecule is Cc1cnoc1C1(CN)NC(=O)NC1=O.Cl. The monoisotopic (exact) mass is 246 g/mol. The molecule has 16 heavy (non-hydrogen) atoms. The molecule has 0 bridgehead atoms. The van der Waals surface area contributed by atoms with Gasteiger partial charge in [-0.2, -0.15) is 0 Å². The minimum absolute atomic E-state index is 0. The summed E-state index contributed by atoms with van der Waals surface area (Å²) < 4.78 is 4.96. The highest BCUT2D eigenvalue weighted by Crippen LogP contribution is 2.26. The first-order valence-electron chi connectivity index (χ1n) is 4.35. The molecule has 0 spiro atoms. The summed E-state index contributed by atoms with van der Waals surface area (Å²) in [6.07, 6.45) is 1.46. The van der Waals surface area contributed by atoms with E-state index in [0.29, 0.717) is 5.56 Å². The van der Waals surface area contributed by atoms with Crippen LogP contribution in [0.5, 0.6) is 0 Å². The van der Waals surface area contributed by atoms with Crippen LogP contribution >= 0.6 is 12.4 Å². The summed E-state index contributed by atoms with van der Waals surface area (Å²) in [7, 11) is 0. The summed E-state index contributed by atoms with van der Waals surface area (Å²) in [5.41, 5.74) is 4.86. The Balaban J connectivity index is 0.00000128. The van der Waals surface area contributed by atoms with Crippen LogP contribution in [0.3, 0.4) is 0 Å². The number of aromatic nitrogens is 1. The molecule has 2 rings (SSSR count). The zero-order valence-electron chi connectivity index (χ0n) is 8.44. The Hall–Kier alpha value is -1.60. The molecule has 1 aromatic heterocycles. The highest BCUT2D eigenvalue weighted by molar-refractivity contribution is 6.07. The third kappa shape index (κ3) is 1.54. The van der Waals surface area contributed by atoms with E-state index >= 15 is 0 Å². The van der Waals surface area contributed by atoms with Gasteiger partial charge in [0.1, 0.15) is 0 Å². The van der Waals surface area contributed by atoms with Crippen molar-refractivity contribution in [3.05, 3.63) is 17.5 Å². The quantitative estimate of drug-likeness (QED) is 0.604. The number of carbonyl (C=O) groups is 2. The smallest absolute Gasteiger partial charge is 0.322 e. The van der Waals surface area contributed by atoms with Gasteiger partial charge in [0.25, 0.3) is 5.91 Å². The van der Waals surface area contributed by atoms with Gasteiger partial charge in [-0.25, -0.2) is 4.79 Å². The first kappa shape index (κ1) is 12.5. The summed E-state index contributed by atoms with van der Waals surface area (Å²) in [5.74, 6) is -0.247. The van der Waals surface area contributed by atoms with Gasteiger partial charge in [-0.15, -0.1) is 12.4 Å². The van der Waals surface area contributed by atoms with Crippen molar-refractivity contribution in [1.29, 1.82) is 0 Å². The Kier molecular flexibility index (Phi) is 3.20. The van der Waals surface area contributed by atoms with E-state index in [4.69, 9.17) is 10.3 Å². The number of nitrogens with one attached hydrogen (secondary N) is 2. The van der Waals surface area contributed by atoms with Gasteiger partial charge in [0, 0.05) is 12.1 Å². The zero-order chi connectivity index (χ0) is 11.1. The van der Waals surface area contributed by atoms with E-state index in [1.165, 1.54) is 6.20 Å². The number of aryl methyl sites for hydroxylation is 1. The Morgan fingerprint density at radius 2 is 2.25 bits per heavy atom.